The number of anilines is 1. The Labute approximate surface area is 168 Å². The highest BCUT2D eigenvalue weighted by Gasteiger charge is 2.14. The van der Waals surface area contributed by atoms with Crippen LogP contribution in [0.2, 0.25) is 0 Å². The number of fused-ring (bicyclic) bond motifs is 1. The number of aromatic nitrogens is 2. The Bertz CT molecular complexity index is 1030. The fourth-order valence-electron chi connectivity index (χ4n) is 2.94. The maximum Gasteiger partial charge on any atom is 0.239 e. The average Bonchev–Trinajstić information content (AvgIpc) is 2.76. The van der Waals surface area contributed by atoms with Crippen LogP contribution in [-0.4, -0.2) is 37.2 Å². The number of rotatable bonds is 8. The van der Waals surface area contributed by atoms with Gasteiger partial charge < -0.3 is 19.5 Å². The number of methoxy groups -OCH3 is 3. The largest absolute Gasteiger partial charge is 0.497 e. The van der Waals surface area contributed by atoms with Crippen LogP contribution in [0.3, 0.4) is 0 Å². The van der Waals surface area contributed by atoms with Gasteiger partial charge in [-0.3, -0.25) is 10.2 Å². The molecule has 3 aromatic rings. The van der Waals surface area contributed by atoms with Gasteiger partial charge in [-0.1, -0.05) is 12.1 Å². The molecule has 0 aliphatic heterocycles. The fourth-order valence-corrected chi connectivity index (χ4v) is 2.94. The first-order valence-electron chi connectivity index (χ1n) is 8.87. The highest BCUT2D eigenvalue weighted by Crippen LogP contribution is 2.28. The number of benzene rings is 2. The van der Waals surface area contributed by atoms with Crippen molar-refractivity contribution in [3.8, 4) is 17.2 Å². The number of para-hydroxylation sites is 1. The molecule has 2 aromatic carbocycles. The molecule has 0 aliphatic rings. The van der Waals surface area contributed by atoms with Gasteiger partial charge in [0.15, 0.2) is 0 Å². The van der Waals surface area contributed by atoms with E-state index < -0.39 is 0 Å². The molecule has 0 saturated carbocycles. The highest BCUT2D eigenvalue weighted by atomic mass is 16.5. The molecule has 29 heavy (non-hydrogen) atoms. The number of amides is 1. The first-order chi connectivity index (χ1) is 14.1. The minimum absolute atomic E-state index is 0.0171. The molecule has 0 fully saturated rings. The first kappa shape index (κ1) is 20.2. The van der Waals surface area contributed by atoms with Crippen molar-refractivity contribution in [3.63, 3.8) is 0 Å². The van der Waals surface area contributed by atoms with Gasteiger partial charge in [0.1, 0.15) is 22.8 Å². The van der Waals surface area contributed by atoms with Crippen molar-refractivity contribution in [3.05, 3.63) is 47.7 Å². The number of hydrogen-bond donors (Lipinski definition) is 3. The van der Waals surface area contributed by atoms with Gasteiger partial charge in [0.25, 0.3) is 0 Å². The average molecular weight is 397 g/mol. The molecule has 0 radical (unpaired) electrons. The molecule has 1 amide bonds. The lowest BCUT2D eigenvalue weighted by atomic mass is 10.1. The zero-order chi connectivity index (χ0) is 20.8. The van der Waals surface area contributed by atoms with Gasteiger partial charge >= 0.3 is 0 Å². The summed E-state index contributed by atoms with van der Waals surface area (Å²) in [4.78, 5) is 20.9. The minimum Gasteiger partial charge on any atom is -0.497 e. The Morgan fingerprint density at radius 1 is 1.03 bits per heavy atom. The normalized spacial score (nSPS) is 10.5. The van der Waals surface area contributed by atoms with Gasteiger partial charge in [-0.25, -0.2) is 15.8 Å². The molecule has 0 unspecified atom stereocenters. The van der Waals surface area contributed by atoms with Gasteiger partial charge in [0, 0.05) is 23.6 Å². The molecule has 0 saturated heterocycles. The molecular weight excluding hydrogens is 374 g/mol. The van der Waals surface area contributed by atoms with Crippen LogP contribution in [-0.2, 0) is 17.8 Å². The molecule has 9 heteroatoms. The summed E-state index contributed by atoms with van der Waals surface area (Å²) in [5, 5.41) is 3.91. The number of carbonyl (C=O) groups is 1. The van der Waals surface area contributed by atoms with Gasteiger partial charge in [0.2, 0.25) is 11.9 Å². The molecule has 4 N–H and O–H groups in total. The van der Waals surface area contributed by atoms with Crippen molar-refractivity contribution in [1.29, 1.82) is 0 Å². The van der Waals surface area contributed by atoms with Gasteiger partial charge in [-0.05, 0) is 18.2 Å². The van der Waals surface area contributed by atoms with Crippen LogP contribution in [0.5, 0.6) is 17.2 Å². The summed E-state index contributed by atoms with van der Waals surface area (Å²) in [7, 11) is 4.76. The van der Waals surface area contributed by atoms with E-state index in [-0.39, 0.29) is 12.3 Å². The topological polar surface area (TPSA) is 121 Å². The summed E-state index contributed by atoms with van der Waals surface area (Å²) in [5.41, 5.74) is 4.18. The van der Waals surface area contributed by atoms with E-state index in [0.29, 0.717) is 41.0 Å². The van der Waals surface area contributed by atoms with Crippen LogP contribution in [0.4, 0.5) is 5.95 Å². The van der Waals surface area contributed by atoms with Crippen LogP contribution >= 0.6 is 0 Å². The van der Waals surface area contributed by atoms with E-state index in [9.17, 15) is 4.79 Å². The zero-order valence-corrected chi connectivity index (χ0v) is 16.5. The Morgan fingerprint density at radius 3 is 2.52 bits per heavy atom. The van der Waals surface area contributed by atoms with Crippen molar-refractivity contribution in [2.24, 2.45) is 5.84 Å². The second-order valence-corrected chi connectivity index (χ2v) is 6.13. The second kappa shape index (κ2) is 9.07. The van der Waals surface area contributed by atoms with Gasteiger partial charge in [-0.15, -0.1) is 0 Å². The summed E-state index contributed by atoms with van der Waals surface area (Å²) in [6, 6.07) is 11.0. The lowest BCUT2D eigenvalue weighted by Gasteiger charge is -2.14. The SMILES string of the molecule is COc1ccc(CNc2nc(CC(=O)NN)c3cccc(OC)c3n2)c(OC)c1. The Morgan fingerprint density at radius 2 is 1.83 bits per heavy atom. The van der Waals surface area contributed by atoms with Crippen molar-refractivity contribution in [1.82, 2.24) is 15.4 Å². The summed E-state index contributed by atoms with van der Waals surface area (Å²) >= 11 is 0. The molecule has 152 valence electrons. The summed E-state index contributed by atoms with van der Waals surface area (Å²) in [6.07, 6.45) is 0.0171. The molecule has 1 aromatic heterocycles. The number of carbonyl (C=O) groups excluding carboxylic acids is 1. The highest BCUT2D eigenvalue weighted by molar-refractivity contribution is 5.90. The quantitative estimate of drug-likeness (QED) is 0.299. The van der Waals surface area contributed by atoms with Crippen LogP contribution in [0.1, 0.15) is 11.3 Å². The number of nitrogens with zero attached hydrogens (tertiary/aromatic N) is 2. The van der Waals surface area contributed by atoms with E-state index in [0.717, 1.165) is 10.9 Å². The fraction of sp³-hybridized carbons (Fsp3) is 0.250. The lowest BCUT2D eigenvalue weighted by Crippen LogP contribution is -2.31. The number of nitrogens with two attached hydrogens (primary N) is 1. The Kier molecular flexibility index (Phi) is 6.30. The maximum absolute atomic E-state index is 11.8. The van der Waals surface area contributed by atoms with Crippen LogP contribution < -0.4 is 30.8 Å². The summed E-state index contributed by atoms with van der Waals surface area (Å²) in [5.74, 6) is 7.22. The number of hydrogen-bond acceptors (Lipinski definition) is 8. The predicted molar refractivity (Wildman–Crippen MR) is 109 cm³/mol. The molecule has 0 aliphatic carbocycles. The van der Waals surface area contributed by atoms with Crippen molar-refractivity contribution in [2.75, 3.05) is 26.6 Å². The number of ether oxygens (including phenoxy) is 3. The summed E-state index contributed by atoms with van der Waals surface area (Å²) < 4.78 is 16.1. The lowest BCUT2D eigenvalue weighted by molar-refractivity contribution is -0.120. The molecule has 0 atom stereocenters. The van der Waals surface area contributed by atoms with E-state index in [1.165, 1.54) is 0 Å². The minimum atomic E-state index is -0.351. The third-order valence-electron chi connectivity index (χ3n) is 4.41. The van der Waals surface area contributed by atoms with Crippen LogP contribution in [0.25, 0.3) is 10.9 Å². The predicted octanol–water partition coefficient (Wildman–Crippen LogP) is 1.80. The first-order valence-corrected chi connectivity index (χ1v) is 8.87. The third kappa shape index (κ3) is 4.46. The van der Waals surface area contributed by atoms with Crippen LogP contribution in [0.15, 0.2) is 36.4 Å². The van der Waals surface area contributed by atoms with Crippen molar-refractivity contribution in [2.45, 2.75) is 13.0 Å². The molecule has 3 rings (SSSR count). The number of nitrogens with one attached hydrogen (secondary N) is 2. The Balaban J connectivity index is 1.96. The molecular formula is C20H23N5O4. The molecule has 1 heterocycles. The number of hydrazine groups is 1. The van der Waals surface area contributed by atoms with E-state index in [1.54, 1.807) is 33.5 Å². The van der Waals surface area contributed by atoms with Crippen molar-refractivity contribution >= 4 is 22.8 Å². The standard InChI is InChI=1S/C20H23N5O4/c1-27-13-8-7-12(17(9-13)29-3)11-22-20-23-15(10-18(26)25-21)14-5-4-6-16(28-2)19(14)24-20/h4-9H,10-11,21H2,1-3H3,(H,25,26)(H,22,23,24). The maximum atomic E-state index is 11.8. The van der Waals surface area contributed by atoms with Gasteiger partial charge in [0.05, 0.1) is 33.4 Å². The van der Waals surface area contributed by atoms with Crippen molar-refractivity contribution < 1.29 is 19.0 Å². The molecule has 9 nitrogen and oxygen atoms in total. The van der Waals surface area contributed by atoms with E-state index in [4.69, 9.17) is 20.1 Å². The van der Waals surface area contributed by atoms with E-state index in [2.05, 4.69) is 20.7 Å². The monoisotopic (exact) mass is 397 g/mol. The van der Waals surface area contributed by atoms with E-state index >= 15 is 0 Å². The third-order valence-corrected chi connectivity index (χ3v) is 4.41. The van der Waals surface area contributed by atoms with Gasteiger partial charge in [-0.2, -0.15) is 0 Å². The second-order valence-electron chi connectivity index (χ2n) is 6.13. The summed E-state index contributed by atoms with van der Waals surface area (Å²) in [6.45, 7) is 0.413. The molecule has 0 bridgehead atoms. The molecule has 0 spiro atoms. The van der Waals surface area contributed by atoms with E-state index in [1.807, 2.05) is 24.3 Å². The van der Waals surface area contributed by atoms with Crippen LogP contribution in [0, 0.1) is 0 Å². The smallest absolute Gasteiger partial charge is 0.239 e. The zero-order valence-electron chi connectivity index (χ0n) is 16.5. The Hall–Kier alpha value is -3.59.